The van der Waals surface area contributed by atoms with Crippen LogP contribution >= 0.6 is 11.3 Å². The number of ether oxygens (including phenoxy) is 4. The minimum Gasteiger partial charge on any atom is -0.493 e. The summed E-state index contributed by atoms with van der Waals surface area (Å²) < 4.78 is 24.3. The molecule has 1 aromatic heterocycles. The second kappa shape index (κ2) is 6.96. The van der Waals surface area contributed by atoms with E-state index in [1.54, 1.807) is 32.4 Å². The molecule has 0 aliphatic carbocycles. The lowest BCUT2D eigenvalue weighted by Crippen LogP contribution is -2.15. The van der Waals surface area contributed by atoms with Crippen molar-refractivity contribution in [3.8, 4) is 23.0 Å². The fourth-order valence-electron chi connectivity index (χ4n) is 2.97. The number of aromatic nitrogens is 1. The minimum absolute atomic E-state index is 0.167. The van der Waals surface area contributed by atoms with E-state index in [-0.39, 0.29) is 12.7 Å². The van der Waals surface area contributed by atoms with Crippen molar-refractivity contribution in [2.75, 3.05) is 21.0 Å². The van der Waals surface area contributed by atoms with Crippen molar-refractivity contribution >= 4 is 27.5 Å². The number of aryl methyl sites for hydroxylation is 1. The molecule has 1 aliphatic rings. The SMILES string of the molecule is CCn1c(=NC(=O)c2ccc3c(c2)OCO3)sc2cc(OC)c(OC)cc21. The molecule has 0 bridgehead atoms. The minimum atomic E-state index is -0.332. The zero-order valence-corrected chi connectivity index (χ0v) is 16.0. The van der Waals surface area contributed by atoms with Crippen LogP contribution in [-0.2, 0) is 6.54 Å². The molecular weight excluding hydrogens is 368 g/mol. The topological polar surface area (TPSA) is 71.3 Å². The fraction of sp³-hybridized carbons (Fsp3) is 0.263. The van der Waals surface area contributed by atoms with Crippen molar-refractivity contribution < 1.29 is 23.7 Å². The molecular formula is C19H18N2O5S. The van der Waals surface area contributed by atoms with Gasteiger partial charge in [0.2, 0.25) is 6.79 Å². The first-order chi connectivity index (χ1) is 13.1. The Bertz CT molecular complexity index is 1100. The zero-order valence-electron chi connectivity index (χ0n) is 15.1. The maximum absolute atomic E-state index is 12.7. The van der Waals surface area contributed by atoms with Gasteiger partial charge in [0.15, 0.2) is 27.8 Å². The Morgan fingerprint density at radius 1 is 1.15 bits per heavy atom. The summed E-state index contributed by atoms with van der Waals surface area (Å²) in [5.41, 5.74) is 1.40. The summed E-state index contributed by atoms with van der Waals surface area (Å²) in [7, 11) is 3.19. The van der Waals surface area contributed by atoms with E-state index in [2.05, 4.69) is 4.99 Å². The predicted octanol–water partition coefficient (Wildman–Crippen LogP) is 3.21. The largest absolute Gasteiger partial charge is 0.493 e. The summed E-state index contributed by atoms with van der Waals surface area (Å²) in [5, 5.41) is 0. The molecule has 0 fully saturated rings. The van der Waals surface area contributed by atoms with E-state index in [1.807, 2.05) is 23.6 Å². The Morgan fingerprint density at radius 2 is 1.89 bits per heavy atom. The average Bonchev–Trinajstić information content (AvgIpc) is 3.29. The Hall–Kier alpha value is -3.00. The van der Waals surface area contributed by atoms with Crippen molar-refractivity contribution in [2.24, 2.45) is 4.99 Å². The van der Waals surface area contributed by atoms with Gasteiger partial charge in [-0.05, 0) is 25.1 Å². The first-order valence-electron chi connectivity index (χ1n) is 8.38. The Kier molecular flexibility index (Phi) is 4.49. The summed E-state index contributed by atoms with van der Waals surface area (Å²) in [5.74, 6) is 2.14. The molecule has 0 saturated heterocycles. The molecule has 0 atom stereocenters. The van der Waals surface area contributed by atoms with Crippen LogP contribution in [0.5, 0.6) is 23.0 Å². The monoisotopic (exact) mass is 386 g/mol. The lowest BCUT2D eigenvalue weighted by Gasteiger charge is -2.08. The Morgan fingerprint density at radius 3 is 2.63 bits per heavy atom. The highest BCUT2D eigenvalue weighted by Crippen LogP contribution is 2.34. The molecule has 1 amide bonds. The molecule has 2 aromatic carbocycles. The van der Waals surface area contributed by atoms with E-state index in [1.165, 1.54) is 11.3 Å². The fourth-order valence-corrected chi connectivity index (χ4v) is 4.07. The maximum Gasteiger partial charge on any atom is 0.279 e. The molecule has 140 valence electrons. The quantitative estimate of drug-likeness (QED) is 0.689. The van der Waals surface area contributed by atoms with Crippen LogP contribution in [0.2, 0.25) is 0 Å². The van der Waals surface area contributed by atoms with E-state index in [0.29, 0.717) is 39.9 Å². The summed E-state index contributed by atoms with van der Waals surface area (Å²) in [4.78, 5) is 17.6. The van der Waals surface area contributed by atoms with Crippen LogP contribution in [0.3, 0.4) is 0 Å². The van der Waals surface area contributed by atoms with E-state index < -0.39 is 0 Å². The first kappa shape index (κ1) is 17.4. The van der Waals surface area contributed by atoms with Gasteiger partial charge >= 0.3 is 0 Å². The van der Waals surface area contributed by atoms with Crippen LogP contribution in [0, 0.1) is 0 Å². The van der Waals surface area contributed by atoms with Gasteiger partial charge in [0.1, 0.15) is 0 Å². The van der Waals surface area contributed by atoms with Gasteiger partial charge in [0, 0.05) is 24.2 Å². The van der Waals surface area contributed by atoms with Crippen molar-refractivity contribution in [1.82, 2.24) is 4.57 Å². The van der Waals surface area contributed by atoms with Crippen LogP contribution in [0.25, 0.3) is 10.2 Å². The Balaban J connectivity index is 1.81. The van der Waals surface area contributed by atoms with Crippen LogP contribution in [-0.4, -0.2) is 31.5 Å². The molecule has 2 heterocycles. The molecule has 0 saturated carbocycles. The number of carbonyl (C=O) groups excluding carboxylic acids is 1. The maximum atomic E-state index is 12.7. The number of rotatable bonds is 4. The third-order valence-corrected chi connectivity index (χ3v) is 5.36. The van der Waals surface area contributed by atoms with Crippen LogP contribution in [0.15, 0.2) is 35.3 Å². The van der Waals surface area contributed by atoms with E-state index in [0.717, 1.165) is 10.2 Å². The highest BCUT2D eigenvalue weighted by molar-refractivity contribution is 7.16. The Labute approximate surface area is 159 Å². The number of hydrogen-bond donors (Lipinski definition) is 0. The molecule has 0 N–H and O–H groups in total. The summed E-state index contributed by atoms with van der Waals surface area (Å²) in [6.45, 7) is 2.84. The number of amides is 1. The molecule has 3 aromatic rings. The van der Waals surface area contributed by atoms with Crippen molar-refractivity contribution in [2.45, 2.75) is 13.5 Å². The average molecular weight is 386 g/mol. The van der Waals surface area contributed by atoms with Crippen LogP contribution in [0.1, 0.15) is 17.3 Å². The molecule has 7 nitrogen and oxygen atoms in total. The van der Waals surface area contributed by atoms with Crippen LogP contribution in [0.4, 0.5) is 0 Å². The number of methoxy groups -OCH3 is 2. The second-order valence-corrected chi connectivity index (χ2v) is 6.80. The summed E-state index contributed by atoms with van der Waals surface area (Å²) in [6.07, 6.45) is 0. The number of nitrogens with zero attached hydrogens (tertiary/aromatic N) is 2. The molecule has 1 aliphatic heterocycles. The number of thiazole rings is 1. The van der Waals surface area contributed by atoms with E-state index in [4.69, 9.17) is 18.9 Å². The van der Waals surface area contributed by atoms with Gasteiger partial charge in [-0.1, -0.05) is 11.3 Å². The smallest absolute Gasteiger partial charge is 0.279 e. The van der Waals surface area contributed by atoms with Gasteiger partial charge in [-0.25, -0.2) is 0 Å². The second-order valence-electron chi connectivity index (χ2n) is 5.79. The van der Waals surface area contributed by atoms with E-state index in [9.17, 15) is 4.79 Å². The van der Waals surface area contributed by atoms with Crippen molar-refractivity contribution in [1.29, 1.82) is 0 Å². The van der Waals surface area contributed by atoms with Gasteiger partial charge in [-0.2, -0.15) is 4.99 Å². The summed E-state index contributed by atoms with van der Waals surface area (Å²) >= 11 is 1.43. The molecule has 0 radical (unpaired) electrons. The van der Waals surface area contributed by atoms with Crippen LogP contribution < -0.4 is 23.7 Å². The number of fused-ring (bicyclic) bond motifs is 2. The van der Waals surface area contributed by atoms with Crippen molar-refractivity contribution in [3.63, 3.8) is 0 Å². The van der Waals surface area contributed by atoms with Gasteiger partial charge in [-0.3, -0.25) is 4.79 Å². The molecule has 4 rings (SSSR count). The number of carbonyl (C=O) groups is 1. The van der Waals surface area contributed by atoms with Gasteiger partial charge < -0.3 is 23.5 Å². The highest BCUT2D eigenvalue weighted by Gasteiger charge is 2.17. The highest BCUT2D eigenvalue weighted by atomic mass is 32.1. The molecule has 8 heteroatoms. The number of hydrogen-bond acceptors (Lipinski definition) is 6. The van der Waals surface area contributed by atoms with Gasteiger partial charge in [-0.15, -0.1) is 0 Å². The third kappa shape index (κ3) is 3.02. The zero-order chi connectivity index (χ0) is 19.0. The summed E-state index contributed by atoms with van der Waals surface area (Å²) in [6, 6.07) is 8.87. The number of benzene rings is 2. The van der Waals surface area contributed by atoms with E-state index >= 15 is 0 Å². The lowest BCUT2D eigenvalue weighted by molar-refractivity contribution is 0.0997. The van der Waals surface area contributed by atoms with Gasteiger partial charge in [0.25, 0.3) is 5.91 Å². The third-order valence-electron chi connectivity index (χ3n) is 4.32. The first-order valence-corrected chi connectivity index (χ1v) is 9.20. The molecule has 27 heavy (non-hydrogen) atoms. The normalized spacial score (nSPS) is 13.2. The molecule has 0 spiro atoms. The molecule has 0 unspecified atom stereocenters. The standard InChI is InChI=1S/C19H18N2O5S/c1-4-21-12-8-14(23-2)15(24-3)9-17(12)27-19(21)20-18(22)11-5-6-13-16(7-11)26-10-25-13/h5-9H,4,10H2,1-3H3. The lowest BCUT2D eigenvalue weighted by atomic mass is 10.2. The van der Waals surface area contributed by atoms with Gasteiger partial charge in [0.05, 0.1) is 24.4 Å². The predicted molar refractivity (Wildman–Crippen MR) is 101 cm³/mol. The van der Waals surface area contributed by atoms with Crippen molar-refractivity contribution in [3.05, 3.63) is 40.7 Å².